The van der Waals surface area contributed by atoms with Gasteiger partial charge in [-0.25, -0.2) is 5.43 Å². The number of nitrogens with one attached hydrogen (secondary N) is 1. The fourth-order valence-electron chi connectivity index (χ4n) is 1.71. The molecule has 0 saturated heterocycles. The molecule has 0 aliphatic rings. The molecule has 0 bridgehead atoms. The van der Waals surface area contributed by atoms with Gasteiger partial charge in [-0.15, -0.1) is 0 Å². The zero-order valence-corrected chi connectivity index (χ0v) is 14.9. The molecule has 0 spiro atoms. The summed E-state index contributed by atoms with van der Waals surface area (Å²) >= 11 is 3.34. The number of carbonyl (C=O) groups is 1. The van der Waals surface area contributed by atoms with Crippen molar-refractivity contribution in [1.82, 2.24) is 5.43 Å². The van der Waals surface area contributed by atoms with Crippen molar-refractivity contribution >= 4 is 33.6 Å². The fraction of sp³-hybridized carbons (Fsp3) is 0.176. The van der Waals surface area contributed by atoms with Crippen molar-refractivity contribution in [2.45, 2.75) is 6.92 Å². The Kier molecular flexibility index (Phi) is 6.62. The Morgan fingerprint density at radius 1 is 1.38 bits per heavy atom. The lowest BCUT2D eigenvalue weighted by atomic mass is 10.3. The predicted octanol–water partition coefficient (Wildman–Crippen LogP) is 3.64. The number of hydrazone groups is 1. The highest BCUT2D eigenvalue weighted by Crippen LogP contribution is 2.29. The second-order valence-electron chi connectivity index (χ2n) is 4.72. The van der Waals surface area contributed by atoms with E-state index in [2.05, 4.69) is 26.5 Å². The molecule has 1 aromatic heterocycles. The first-order valence-electron chi connectivity index (χ1n) is 7.09. The summed E-state index contributed by atoms with van der Waals surface area (Å²) in [6, 6.07) is 8.90. The molecule has 126 valence electrons. The standard InChI is InChI=1S/C17H17BrN2O4/c1-12(5-7-14-4-3-9-23-14)19-20-17(21)11-24-15-8-6-13(18)10-16(15)22-2/h3-10H,11H2,1-2H3,(H,20,21)/b7-5+,19-12+. The second-order valence-corrected chi connectivity index (χ2v) is 5.64. The zero-order chi connectivity index (χ0) is 17.4. The molecule has 1 N–H and O–H groups in total. The summed E-state index contributed by atoms with van der Waals surface area (Å²) < 4.78 is 16.7. The van der Waals surface area contributed by atoms with Crippen molar-refractivity contribution in [2.75, 3.05) is 13.7 Å². The highest BCUT2D eigenvalue weighted by atomic mass is 79.9. The number of hydrogen-bond acceptors (Lipinski definition) is 5. The molecule has 0 aliphatic carbocycles. The number of nitrogens with zero attached hydrogens (tertiary/aromatic N) is 1. The Bertz CT molecular complexity index is 739. The maximum Gasteiger partial charge on any atom is 0.277 e. The van der Waals surface area contributed by atoms with E-state index in [0.717, 1.165) is 4.47 Å². The number of halogens is 1. The molecule has 0 fully saturated rings. The van der Waals surface area contributed by atoms with Crippen molar-refractivity contribution in [3.05, 3.63) is 52.9 Å². The fourth-order valence-corrected chi connectivity index (χ4v) is 2.05. The van der Waals surface area contributed by atoms with Crippen LogP contribution in [0.4, 0.5) is 0 Å². The summed E-state index contributed by atoms with van der Waals surface area (Å²) in [4.78, 5) is 11.8. The third-order valence-corrected chi connectivity index (χ3v) is 3.37. The van der Waals surface area contributed by atoms with Gasteiger partial charge in [0.15, 0.2) is 18.1 Å². The maximum atomic E-state index is 11.8. The van der Waals surface area contributed by atoms with Crippen LogP contribution in [0.3, 0.4) is 0 Å². The Balaban J connectivity index is 1.84. The van der Waals surface area contributed by atoms with Crippen molar-refractivity contribution in [3.63, 3.8) is 0 Å². The Hall–Kier alpha value is -2.54. The molecule has 1 aromatic carbocycles. The summed E-state index contributed by atoms with van der Waals surface area (Å²) in [5.74, 6) is 1.36. The van der Waals surface area contributed by atoms with Crippen LogP contribution in [-0.2, 0) is 4.79 Å². The number of furan rings is 1. The van der Waals surface area contributed by atoms with Gasteiger partial charge in [0.05, 0.1) is 19.1 Å². The molecule has 1 amide bonds. The minimum Gasteiger partial charge on any atom is -0.493 e. The number of methoxy groups -OCH3 is 1. The molecule has 24 heavy (non-hydrogen) atoms. The van der Waals surface area contributed by atoms with E-state index in [4.69, 9.17) is 13.9 Å². The van der Waals surface area contributed by atoms with Crippen molar-refractivity contribution in [3.8, 4) is 11.5 Å². The van der Waals surface area contributed by atoms with Crippen LogP contribution in [-0.4, -0.2) is 25.3 Å². The first kappa shape index (κ1) is 17.8. The van der Waals surface area contributed by atoms with Crippen LogP contribution in [0.1, 0.15) is 12.7 Å². The van der Waals surface area contributed by atoms with E-state index < -0.39 is 0 Å². The van der Waals surface area contributed by atoms with Crippen LogP contribution in [0.25, 0.3) is 6.08 Å². The smallest absolute Gasteiger partial charge is 0.277 e. The van der Waals surface area contributed by atoms with E-state index in [-0.39, 0.29) is 12.5 Å². The lowest BCUT2D eigenvalue weighted by Gasteiger charge is -2.10. The van der Waals surface area contributed by atoms with Crippen LogP contribution < -0.4 is 14.9 Å². The number of allylic oxidation sites excluding steroid dienone is 1. The number of hydrogen-bond donors (Lipinski definition) is 1. The van der Waals surface area contributed by atoms with Gasteiger partial charge in [0.25, 0.3) is 5.91 Å². The third-order valence-electron chi connectivity index (χ3n) is 2.87. The van der Waals surface area contributed by atoms with Crippen LogP contribution >= 0.6 is 15.9 Å². The topological polar surface area (TPSA) is 73.1 Å². The molecule has 0 aliphatic heterocycles. The normalized spacial score (nSPS) is 11.5. The predicted molar refractivity (Wildman–Crippen MR) is 95.2 cm³/mol. The lowest BCUT2D eigenvalue weighted by molar-refractivity contribution is -0.123. The van der Waals surface area contributed by atoms with Crippen LogP contribution in [0.2, 0.25) is 0 Å². The van der Waals surface area contributed by atoms with Gasteiger partial charge >= 0.3 is 0 Å². The van der Waals surface area contributed by atoms with Crippen LogP contribution in [0.15, 0.2) is 56.7 Å². The van der Waals surface area contributed by atoms with Crippen molar-refractivity contribution < 1.29 is 18.7 Å². The summed E-state index contributed by atoms with van der Waals surface area (Å²) in [6.07, 6.45) is 5.08. The van der Waals surface area contributed by atoms with E-state index in [0.29, 0.717) is 23.0 Å². The minimum absolute atomic E-state index is 0.170. The monoisotopic (exact) mass is 392 g/mol. The van der Waals surface area contributed by atoms with E-state index in [1.165, 1.54) is 7.11 Å². The van der Waals surface area contributed by atoms with Crippen molar-refractivity contribution in [2.24, 2.45) is 5.10 Å². The first-order valence-corrected chi connectivity index (χ1v) is 7.89. The lowest BCUT2D eigenvalue weighted by Crippen LogP contribution is -2.25. The molecule has 0 unspecified atom stereocenters. The summed E-state index contributed by atoms with van der Waals surface area (Å²) in [5.41, 5.74) is 3.05. The Morgan fingerprint density at radius 3 is 2.92 bits per heavy atom. The average Bonchev–Trinajstić information content (AvgIpc) is 3.10. The first-order chi connectivity index (χ1) is 11.6. The van der Waals surface area contributed by atoms with Crippen LogP contribution in [0.5, 0.6) is 11.5 Å². The van der Waals surface area contributed by atoms with Gasteiger partial charge in [-0.05, 0) is 49.4 Å². The van der Waals surface area contributed by atoms with E-state index in [9.17, 15) is 4.79 Å². The van der Waals surface area contributed by atoms with E-state index in [1.54, 1.807) is 49.6 Å². The molecular weight excluding hydrogens is 376 g/mol. The van der Waals surface area contributed by atoms with Gasteiger partial charge in [0.1, 0.15) is 5.76 Å². The SMILES string of the molecule is COc1cc(Br)ccc1OCC(=O)N/N=C(C)/C=C/c1ccco1. The molecule has 6 nitrogen and oxygen atoms in total. The number of rotatable bonds is 7. The average molecular weight is 393 g/mol. The maximum absolute atomic E-state index is 11.8. The zero-order valence-electron chi connectivity index (χ0n) is 13.3. The number of carbonyl (C=O) groups excluding carboxylic acids is 1. The molecule has 1 heterocycles. The molecule has 0 atom stereocenters. The van der Waals surface area contributed by atoms with Crippen LogP contribution in [0, 0.1) is 0 Å². The highest BCUT2D eigenvalue weighted by Gasteiger charge is 2.07. The molecule has 0 saturated carbocycles. The highest BCUT2D eigenvalue weighted by molar-refractivity contribution is 9.10. The molecule has 7 heteroatoms. The molecule has 0 radical (unpaired) electrons. The molecular formula is C17H17BrN2O4. The Labute approximate surface area is 148 Å². The van der Waals surface area contributed by atoms with Gasteiger partial charge in [-0.2, -0.15) is 5.10 Å². The van der Waals surface area contributed by atoms with Gasteiger partial charge in [0, 0.05) is 4.47 Å². The van der Waals surface area contributed by atoms with Gasteiger partial charge < -0.3 is 13.9 Å². The molecule has 2 rings (SSSR count). The summed E-state index contributed by atoms with van der Waals surface area (Å²) in [7, 11) is 1.54. The summed E-state index contributed by atoms with van der Waals surface area (Å²) in [5, 5.41) is 3.96. The number of ether oxygens (including phenoxy) is 2. The van der Waals surface area contributed by atoms with Crippen molar-refractivity contribution in [1.29, 1.82) is 0 Å². The number of benzene rings is 1. The van der Waals surface area contributed by atoms with E-state index in [1.807, 2.05) is 6.07 Å². The quantitative estimate of drug-likeness (QED) is 0.576. The summed E-state index contributed by atoms with van der Waals surface area (Å²) in [6.45, 7) is 1.59. The minimum atomic E-state index is -0.370. The van der Waals surface area contributed by atoms with Gasteiger partial charge in [-0.1, -0.05) is 15.9 Å². The Morgan fingerprint density at radius 2 is 2.21 bits per heavy atom. The molecule has 2 aromatic rings. The second kappa shape index (κ2) is 8.93. The van der Waals surface area contributed by atoms with Gasteiger partial charge in [-0.3, -0.25) is 4.79 Å². The largest absolute Gasteiger partial charge is 0.493 e. The number of amides is 1. The van der Waals surface area contributed by atoms with Gasteiger partial charge in [0.2, 0.25) is 0 Å². The van der Waals surface area contributed by atoms with E-state index >= 15 is 0 Å². The third kappa shape index (κ3) is 5.58.